The zero-order valence-corrected chi connectivity index (χ0v) is 19.9. The number of fused-ring (bicyclic) bond motifs is 1. The molecule has 1 saturated carbocycles. The highest BCUT2D eigenvalue weighted by atomic mass is 16.5. The summed E-state index contributed by atoms with van der Waals surface area (Å²) in [6, 6.07) is 5.74. The van der Waals surface area contributed by atoms with Crippen LogP contribution in [0, 0.1) is 5.92 Å². The van der Waals surface area contributed by atoms with Crippen molar-refractivity contribution in [2.45, 2.75) is 70.4 Å². The highest BCUT2D eigenvalue weighted by Crippen LogP contribution is 2.36. The van der Waals surface area contributed by atoms with Crippen LogP contribution in [-0.2, 0) is 11.2 Å². The molecule has 0 aliphatic heterocycles. The van der Waals surface area contributed by atoms with Crippen molar-refractivity contribution in [2.75, 3.05) is 12.3 Å². The minimum atomic E-state index is -0.811. The van der Waals surface area contributed by atoms with Gasteiger partial charge in [-0.3, -0.25) is 19.4 Å². The number of nitrogen functional groups attached to an aromatic ring is 1. The Balaban J connectivity index is 1.37. The number of benzene rings is 1. The van der Waals surface area contributed by atoms with Crippen LogP contribution in [0.4, 0.5) is 5.69 Å². The van der Waals surface area contributed by atoms with Crippen LogP contribution in [0.2, 0.25) is 0 Å². The molecule has 2 aliphatic carbocycles. The van der Waals surface area contributed by atoms with Gasteiger partial charge in [-0.05, 0) is 62.1 Å². The lowest BCUT2D eigenvalue weighted by molar-refractivity contribution is -0.125. The Labute approximate surface area is 203 Å². The van der Waals surface area contributed by atoms with E-state index in [1.54, 1.807) is 0 Å². The van der Waals surface area contributed by atoms with Gasteiger partial charge in [-0.1, -0.05) is 25.5 Å². The monoisotopic (exact) mass is 483 g/mol. The second-order valence-corrected chi connectivity index (χ2v) is 9.36. The van der Waals surface area contributed by atoms with Gasteiger partial charge in [0.05, 0.1) is 12.6 Å². The molecule has 0 unspecified atom stereocenters. The molecule has 0 bridgehead atoms. The maximum atomic E-state index is 13.1. The minimum absolute atomic E-state index is 0.0269. The second kappa shape index (κ2) is 10.8. The molecule has 35 heavy (non-hydrogen) atoms. The van der Waals surface area contributed by atoms with E-state index < -0.39 is 17.2 Å². The summed E-state index contributed by atoms with van der Waals surface area (Å²) in [6.45, 7) is 2.82. The number of H-pyrrole nitrogens is 2. The van der Waals surface area contributed by atoms with E-state index in [4.69, 9.17) is 10.5 Å². The number of nitrogens with one attached hydrogen (secondary N) is 4. The molecule has 1 heterocycles. The van der Waals surface area contributed by atoms with E-state index in [2.05, 4.69) is 28.6 Å². The van der Waals surface area contributed by atoms with Crippen molar-refractivity contribution in [2.24, 2.45) is 5.92 Å². The third kappa shape index (κ3) is 5.58. The Morgan fingerprint density at radius 1 is 1.14 bits per heavy atom. The SMILES string of the molecule is CCCCOc1cccc2c1CCC[C@H]2NC(=O)[C@@H]1CC[C@H](NC(=O)c2[nH]c(=O)[nH]c(=O)c2N)C1. The summed E-state index contributed by atoms with van der Waals surface area (Å²) in [5.74, 6) is 0.0235. The highest BCUT2D eigenvalue weighted by Gasteiger charge is 2.33. The third-order valence-electron chi connectivity index (χ3n) is 6.88. The van der Waals surface area contributed by atoms with Crippen LogP contribution < -0.4 is 32.4 Å². The fourth-order valence-corrected chi connectivity index (χ4v) is 5.00. The molecule has 1 aromatic heterocycles. The summed E-state index contributed by atoms with van der Waals surface area (Å²) in [6.07, 6.45) is 6.61. The molecule has 10 nitrogen and oxygen atoms in total. The molecule has 4 rings (SSSR count). The van der Waals surface area contributed by atoms with Crippen molar-refractivity contribution in [3.63, 3.8) is 0 Å². The number of ether oxygens (including phenoxy) is 1. The normalized spacial score (nSPS) is 21.2. The van der Waals surface area contributed by atoms with Crippen LogP contribution in [0.3, 0.4) is 0 Å². The van der Waals surface area contributed by atoms with Crippen LogP contribution in [0.25, 0.3) is 0 Å². The molecule has 0 radical (unpaired) electrons. The van der Waals surface area contributed by atoms with Crippen molar-refractivity contribution in [3.05, 3.63) is 55.9 Å². The maximum absolute atomic E-state index is 13.1. The first-order chi connectivity index (χ1) is 16.9. The number of aromatic nitrogens is 2. The first kappa shape index (κ1) is 24.6. The van der Waals surface area contributed by atoms with E-state index in [0.717, 1.165) is 43.4 Å². The topological polar surface area (TPSA) is 159 Å². The molecule has 1 fully saturated rings. The van der Waals surface area contributed by atoms with E-state index in [0.29, 0.717) is 25.9 Å². The van der Waals surface area contributed by atoms with E-state index in [-0.39, 0.29) is 35.3 Å². The summed E-state index contributed by atoms with van der Waals surface area (Å²) in [5.41, 5.74) is 5.73. The number of anilines is 1. The van der Waals surface area contributed by atoms with E-state index in [1.807, 2.05) is 17.1 Å². The number of hydrogen-bond acceptors (Lipinski definition) is 6. The Morgan fingerprint density at radius 3 is 2.77 bits per heavy atom. The Bertz CT molecular complexity index is 1200. The lowest BCUT2D eigenvalue weighted by Gasteiger charge is -2.29. The quantitative estimate of drug-likeness (QED) is 0.361. The van der Waals surface area contributed by atoms with Crippen molar-refractivity contribution in [1.29, 1.82) is 0 Å². The third-order valence-corrected chi connectivity index (χ3v) is 6.88. The number of carbonyl (C=O) groups excluding carboxylic acids is 2. The summed E-state index contributed by atoms with van der Waals surface area (Å²) in [7, 11) is 0. The number of hydrogen-bond donors (Lipinski definition) is 5. The fourth-order valence-electron chi connectivity index (χ4n) is 5.00. The number of amides is 2. The summed E-state index contributed by atoms with van der Waals surface area (Å²) < 4.78 is 6.00. The molecular weight excluding hydrogens is 450 g/mol. The van der Waals surface area contributed by atoms with Crippen molar-refractivity contribution >= 4 is 17.5 Å². The van der Waals surface area contributed by atoms with Gasteiger partial charge in [-0.15, -0.1) is 0 Å². The standard InChI is InChI=1S/C25H33N5O5/c1-2-3-12-35-19-9-5-6-16-17(19)7-4-8-18(16)28-22(31)14-10-11-15(13-14)27-24(33)21-20(26)23(32)30-25(34)29-21/h5-6,9,14-15,18H,2-4,7-8,10-13,26H2,1H3,(H,27,33)(H,28,31)(H2,29,30,32,34)/t14-,15+,18-/m1/s1. The van der Waals surface area contributed by atoms with Gasteiger partial charge in [0, 0.05) is 12.0 Å². The van der Waals surface area contributed by atoms with Crippen LogP contribution in [0.5, 0.6) is 5.75 Å². The van der Waals surface area contributed by atoms with Gasteiger partial charge in [-0.2, -0.15) is 0 Å². The van der Waals surface area contributed by atoms with Gasteiger partial charge in [0.25, 0.3) is 11.5 Å². The summed E-state index contributed by atoms with van der Waals surface area (Å²) >= 11 is 0. The average Bonchev–Trinajstić information content (AvgIpc) is 3.30. The van der Waals surface area contributed by atoms with Gasteiger partial charge in [0.2, 0.25) is 5.91 Å². The predicted molar refractivity (Wildman–Crippen MR) is 131 cm³/mol. The molecule has 2 amide bonds. The average molecular weight is 484 g/mol. The number of carbonyl (C=O) groups is 2. The molecule has 2 aliphatic rings. The molecule has 0 spiro atoms. The van der Waals surface area contributed by atoms with Crippen molar-refractivity contribution in [1.82, 2.24) is 20.6 Å². The first-order valence-electron chi connectivity index (χ1n) is 12.3. The number of aromatic amines is 2. The van der Waals surface area contributed by atoms with Crippen LogP contribution in [0.15, 0.2) is 27.8 Å². The van der Waals surface area contributed by atoms with Crippen LogP contribution >= 0.6 is 0 Å². The van der Waals surface area contributed by atoms with Crippen LogP contribution in [0.1, 0.15) is 79.5 Å². The van der Waals surface area contributed by atoms with Gasteiger partial charge < -0.3 is 26.1 Å². The van der Waals surface area contributed by atoms with Gasteiger partial charge in [0.1, 0.15) is 17.1 Å². The fraction of sp³-hybridized carbons (Fsp3) is 0.520. The second-order valence-electron chi connectivity index (χ2n) is 9.36. The van der Waals surface area contributed by atoms with E-state index in [9.17, 15) is 19.2 Å². The Morgan fingerprint density at radius 2 is 1.97 bits per heavy atom. The zero-order valence-electron chi connectivity index (χ0n) is 19.9. The molecule has 188 valence electrons. The highest BCUT2D eigenvalue weighted by molar-refractivity contribution is 5.97. The molecule has 3 atom stereocenters. The smallest absolute Gasteiger partial charge is 0.326 e. The zero-order chi connectivity index (χ0) is 24.9. The lowest BCUT2D eigenvalue weighted by Crippen LogP contribution is -2.39. The first-order valence-corrected chi connectivity index (χ1v) is 12.3. The van der Waals surface area contributed by atoms with Crippen LogP contribution in [-0.4, -0.2) is 34.4 Å². The molecule has 2 aromatic rings. The number of rotatable bonds is 8. The molecule has 1 aromatic carbocycles. The Kier molecular flexibility index (Phi) is 7.57. The molecule has 0 saturated heterocycles. The lowest BCUT2D eigenvalue weighted by atomic mass is 9.86. The predicted octanol–water partition coefficient (Wildman–Crippen LogP) is 1.92. The summed E-state index contributed by atoms with van der Waals surface area (Å²) in [4.78, 5) is 53.1. The van der Waals surface area contributed by atoms with E-state index in [1.165, 1.54) is 5.56 Å². The Hall–Kier alpha value is -3.56. The molecular formula is C25H33N5O5. The van der Waals surface area contributed by atoms with Crippen molar-refractivity contribution < 1.29 is 14.3 Å². The van der Waals surface area contributed by atoms with Gasteiger partial charge >= 0.3 is 5.69 Å². The number of nitrogens with two attached hydrogens (primary N) is 1. The van der Waals surface area contributed by atoms with Gasteiger partial charge in [0.15, 0.2) is 0 Å². The summed E-state index contributed by atoms with van der Waals surface area (Å²) in [5, 5.41) is 6.01. The maximum Gasteiger partial charge on any atom is 0.326 e. The molecule has 6 N–H and O–H groups in total. The van der Waals surface area contributed by atoms with Gasteiger partial charge in [-0.25, -0.2) is 4.79 Å². The van der Waals surface area contributed by atoms with Crippen molar-refractivity contribution in [3.8, 4) is 5.75 Å². The number of unbranched alkanes of at least 4 members (excludes halogenated alkanes) is 1. The largest absolute Gasteiger partial charge is 0.493 e. The minimum Gasteiger partial charge on any atom is -0.493 e. The molecule has 10 heteroatoms. The van der Waals surface area contributed by atoms with E-state index >= 15 is 0 Å².